The van der Waals surface area contributed by atoms with Crippen LogP contribution in [0.25, 0.3) is 21.9 Å². The van der Waals surface area contributed by atoms with Crippen LogP contribution in [0.5, 0.6) is 5.88 Å². The van der Waals surface area contributed by atoms with Crippen molar-refractivity contribution in [1.29, 1.82) is 0 Å². The van der Waals surface area contributed by atoms with Gasteiger partial charge in [-0.1, -0.05) is 0 Å². The molecule has 5 rings (SSSR count). The molecule has 1 fully saturated rings. The molecule has 1 amide bonds. The van der Waals surface area contributed by atoms with Gasteiger partial charge in [-0.3, -0.25) is 4.90 Å². The number of likely N-dealkylation sites (tertiary alicyclic amines) is 1. The number of anilines is 3. The maximum Gasteiger partial charge on any atom is 0.413 e. The van der Waals surface area contributed by atoms with E-state index in [2.05, 4.69) is 15.3 Å². The van der Waals surface area contributed by atoms with Crippen molar-refractivity contribution in [2.45, 2.75) is 25.6 Å². The van der Waals surface area contributed by atoms with E-state index < -0.39 is 24.1 Å². The van der Waals surface area contributed by atoms with Crippen LogP contribution in [-0.4, -0.2) is 71.6 Å². The number of nitrogen functional groups attached to an aromatic ring is 1. The first-order chi connectivity index (χ1) is 16.8. The predicted octanol–water partition coefficient (Wildman–Crippen LogP) is 3.66. The van der Waals surface area contributed by atoms with Crippen molar-refractivity contribution < 1.29 is 23.4 Å². The average Bonchev–Trinajstić information content (AvgIpc) is 2.83. The molecule has 2 aliphatic heterocycles. The van der Waals surface area contributed by atoms with Crippen LogP contribution in [0, 0.1) is 12.7 Å². The lowest BCUT2D eigenvalue weighted by Gasteiger charge is -2.37. The zero-order chi connectivity index (χ0) is 24.9. The Labute approximate surface area is 200 Å². The summed E-state index contributed by atoms with van der Waals surface area (Å²) in [6.07, 6.45) is 0.525. The van der Waals surface area contributed by atoms with Crippen LogP contribution in [0.4, 0.5) is 30.8 Å². The summed E-state index contributed by atoms with van der Waals surface area (Å²) in [6.45, 7) is 3.62. The minimum Gasteiger partial charge on any atom is -0.474 e. The monoisotopic (exact) mass is 484 g/mol. The summed E-state index contributed by atoms with van der Waals surface area (Å²) in [6, 6.07) is 2.23. The fraction of sp³-hybridized carbons (Fsp3) is 0.375. The molecule has 3 aromatic rings. The summed E-state index contributed by atoms with van der Waals surface area (Å²) < 4.78 is 35.8. The molecule has 11 heteroatoms. The topological polar surface area (TPSA) is 117 Å². The van der Waals surface area contributed by atoms with Crippen LogP contribution in [0.15, 0.2) is 24.5 Å². The molecular formula is C24H26F2N6O3. The van der Waals surface area contributed by atoms with Gasteiger partial charge in [-0.05, 0) is 43.5 Å². The van der Waals surface area contributed by atoms with E-state index in [9.17, 15) is 14.3 Å². The Hall–Kier alpha value is -3.73. The number of nitrogens with two attached hydrogens (primary N) is 1. The lowest BCUT2D eigenvalue weighted by Crippen LogP contribution is -2.53. The Bertz CT molecular complexity index is 1320. The Balaban J connectivity index is 1.62. The number of hydrogen-bond donors (Lipinski definition) is 3. The second-order valence-electron chi connectivity index (χ2n) is 8.95. The van der Waals surface area contributed by atoms with Crippen molar-refractivity contribution in [2.75, 3.05) is 49.2 Å². The van der Waals surface area contributed by atoms with Gasteiger partial charge < -0.3 is 25.8 Å². The van der Waals surface area contributed by atoms with E-state index >= 15 is 4.39 Å². The van der Waals surface area contributed by atoms with Crippen molar-refractivity contribution >= 4 is 34.1 Å². The van der Waals surface area contributed by atoms with Crippen molar-refractivity contribution in [2.24, 2.45) is 0 Å². The molecule has 1 saturated heterocycles. The molecule has 0 unspecified atom stereocenters. The third-order valence-corrected chi connectivity index (χ3v) is 6.72. The second-order valence-corrected chi connectivity index (χ2v) is 8.95. The number of carbonyl (C=O) groups is 1. The fourth-order valence-corrected chi connectivity index (χ4v) is 4.85. The zero-order valence-corrected chi connectivity index (χ0v) is 19.4. The number of benzene rings is 1. The molecule has 4 N–H and O–H groups in total. The number of fused-ring (bicyclic) bond motifs is 2. The molecule has 0 radical (unpaired) electrons. The number of carboxylic acid groups (broad SMARTS) is 1. The Kier molecular flexibility index (Phi) is 5.79. The second kappa shape index (κ2) is 8.81. The molecule has 4 heterocycles. The highest BCUT2D eigenvalue weighted by Gasteiger charge is 2.36. The van der Waals surface area contributed by atoms with Crippen LogP contribution in [-0.2, 0) is 0 Å². The molecule has 2 aliphatic rings. The molecule has 35 heavy (non-hydrogen) atoms. The lowest BCUT2D eigenvalue weighted by atomic mass is 9.96. The first-order valence-electron chi connectivity index (χ1n) is 11.4. The number of alkyl halides is 1. The number of pyridine rings is 2. The number of piperidine rings is 1. The van der Waals surface area contributed by atoms with E-state index in [1.54, 1.807) is 13.1 Å². The van der Waals surface area contributed by atoms with Gasteiger partial charge in [-0.15, -0.1) is 0 Å². The molecule has 0 saturated carbocycles. The summed E-state index contributed by atoms with van der Waals surface area (Å²) in [5.74, 6) is -0.105. The van der Waals surface area contributed by atoms with Gasteiger partial charge in [0.2, 0.25) is 5.88 Å². The SMILES string of the molecule is Cc1c(-c2cc3cc(N(C(=O)O)[C@H]4CCN(C)C[C@H]4F)ncc3c(N)c2F)cnc2c1NCCO2. The molecular weight excluding hydrogens is 458 g/mol. The highest BCUT2D eigenvalue weighted by molar-refractivity contribution is 5.99. The maximum atomic E-state index is 15.4. The fourth-order valence-electron chi connectivity index (χ4n) is 4.85. The summed E-state index contributed by atoms with van der Waals surface area (Å²) in [7, 11) is 1.79. The summed E-state index contributed by atoms with van der Waals surface area (Å²) in [4.78, 5) is 23.5. The number of ether oxygens (including phenoxy) is 1. The molecule has 0 aliphatic carbocycles. The highest BCUT2D eigenvalue weighted by atomic mass is 19.1. The number of hydrogen-bond acceptors (Lipinski definition) is 7. The third kappa shape index (κ3) is 3.95. The number of rotatable bonds is 3. The number of aromatic nitrogens is 2. The van der Waals surface area contributed by atoms with E-state index in [1.807, 2.05) is 11.8 Å². The van der Waals surface area contributed by atoms with E-state index in [4.69, 9.17) is 10.5 Å². The zero-order valence-electron chi connectivity index (χ0n) is 19.4. The standard InChI is InChI=1S/C24H26F2N6O3/c1-12-15(9-30-23-22(12)28-4-6-35-23)14-7-13-8-19(29-10-16(13)21(27)20(14)26)32(24(33)34)18-3-5-31(2)11-17(18)25/h7-10,17-18,28H,3-6,11,27H2,1-2H3,(H,33,34)/t17-,18+/m1/s1. The number of nitrogens with zero attached hydrogens (tertiary/aromatic N) is 4. The molecule has 2 atom stereocenters. The van der Waals surface area contributed by atoms with Crippen LogP contribution in [0.1, 0.15) is 12.0 Å². The Morgan fingerprint density at radius 3 is 2.86 bits per heavy atom. The van der Waals surface area contributed by atoms with Crippen molar-refractivity contribution in [1.82, 2.24) is 14.9 Å². The Morgan fingerprint density at radius 1 is 1.31 bits per heavy atom. The van der Waals surface area contributed by atoms with Crippen LogP contribution >= 0.6 is 0 Å². The normalized spacial score (nSPS) is 20.1. The van der Waals surface area contributed by atoms with Gasteiger partial charge in [0, 0.05) is 48.5 Å². The molecule has 2 aromatic heterocycles. The van der Waals surface area contributed by atoms with Gasteiger partial charge in [0.05, 0.1) is 11.7 Å². The number of nitrogens with one attached hydrogen (secondary N) is 1. The largest absolute Gasteiger partial charge is 0.474 e. The molecule has 0 spiro atoms. The molecule has 1 aromatic carbocycles. The average molecular weight is 485 g/mol. The first kappa shape index (κ1) is 23.0. The molecule has 184 valence electrons. The van der Waals surface area contributed by atoms with Crippen molar-refractivity contribution in [3.05, 3.63) is 35.9 Å². The summed E-state index contributed by atoms with van der Waals surface area (Å²) in [5.41, 5.74) is 8.22. The van der Waals surface area contributed by atoms with E-state index in [0.717, 1.165) is 10.5 Å². The van der Waals surface area contributed by atoms with Gasteiger partial charge in [-0.25, -0.2) is 23.5 Å². The first-order valence-corrected chi connectivity index (χ1v) is 11.4. The van der Waals surface area contributed by atoms with Crippen LogP contribution in [0.3, 0.4) is 0 Å². The molecule has 0 bridgehead atoms. The quantitative estimate of drug-likeness (QED) is 0.483. The van der Waals surface area contributed by atoms with Crippen LogP contribution in [0.2, 0.25) is 0 Å². The number of halogens is 2. The van der Waals surface area contributed by atoms with Gasteiger partial charge in [-0.2, -0.15) is 0 Å². The maximum absolute atomic E-state index is 15.4. The lowest BCUT2D eigenvalue weighted by molar-refractivity contribution is 0.129. The summed E-state index contributed by atoms with van der Waals surface area (Å²) >= 11 is 0. The van der Waals surface area contributed by atoms with Gasteiger partial charge >= 0.3 is 6.09 Å². The predicted molar refractivity (Wildman–Crippen MR) is 129 cm³/mol. The highest BCUT2D eigenvalue weighted by Crippen LogP contribution is 2.40. The van der Waals surface area contributed by atoms with E-state index in [1.165, 1.54) is 18.5 Å². The van der Waals surface area contributed by atoms with Crippen molar-refractivity contribution in [3.8, 4) is 17.0 Å². The minimum atomic E-state index is -1.37. The van der Waals surface area contributed by atoms with E-state index in [0.29, 0.717) is 54.0 Å². The van der Waals surface area contributed by atoms with Gasteiger partial charge in [0.25, 0.3) is 0 Å². The summed E-state index contributed by atoms with van der Waals surface area (Å²) in [5, 5.41) is 14.0. The Morgan fingerprint density at radius 2 is 2.11 bits per heavy atom. The van der Waals surface area contributed by atoms with Gasteiger partial charge in [0.15, 0.2) is 5.82 Å². The van der Waals surface area contributed by atoms with E-state index in [-0.39, 0.29) is 23.6 Å². The molecule has 9 nitrogen and oxygen atoms in total. The van der Waals surface area contributed by atoms with Gasteiger partial charge in [0.1, 0.15) is 24.3 Å². The number of amides is 1. The minimum absolute atomic E-state index is 0.0644. The van der Waals surface area contributed by atoms with Crippen molar-refractivity contribution in [3.63, 3.8) is 0 Å². The smallest absolute Gasteiger partial charge is 0.413 e. The van der Waals surface area contributed by atoms with Crippen LogP contribution < -0.4 is 20.7 Å². The third-order valence-electron chi connectivity index (χ3n) is 6.72.